The number of amides is 1. The second kappa shape index (κ2) is 5.59. The molecule has 0 radical (unpaired) electrons. The van der Waals surface area contributed by atoms with Gasteiger partial charge in [0.1, 0.15) is 18.5 Å². The molecule has 1 saturated heterocycles. The normalized spacial score (nSPS) is 23.2. The highest BCUT2D eigenvalue weighted by Gasteiger charge is 2.28. The lowest BCUT2D eigenvalue weighted by Crippen LogP contribution is -2.49. The molecule has 0 bridgehead atoms. The summed E-state index contributed by atoms with van der Waals surface area (Å²) in [5.74, 6) is 0.924. The number of nitrogens with zero attached hydrogens (tertiary/aromatic N) is 1. The highest BCUT2D eigenvalue weighted by Crippen LogP contribution is 2.23. The molecule has 1 unspecified atom stereocenters. The summed E-state index contributed by atoms with van der Waals surface area (Å²) >= 11 is 0. The van der Waals surface area contributed by atoms with Gasteiger partial charge in [0.15, 0.2) is 0 Å². The quantitative estimate of drug-likeness (QED) is 0.796. The van der Waals surface area contributed by atoms with Gasteiger partial charge in [-0.1, -0.05) is 18.2 Å². The van der Waals surface area contributed by atoms with Gasteiger partial charge in [-0.05, 0) is 6.07 Å². The summed E-state index contributed by atoms with van der Waals surface area (Å²) in [5.41, 5.74) is 1.05. The van der Waals surface area contributed by atoms with Gasteiger partial charge >= 0.3 is 0 Å². The third-order valence-electron chi connectivity index (χ3n) is 3.47. The molecule has 1 amide bonds. The zero-order chi connectivity index (χ0) is 13.1. The van der Waals surface area contributed by atoms with Gasteiger partial charge in [-0.15, -0.1) is 0 Å². The molecule has 1 aromatic rings. The van der Waals surface area contributed by atoms with E-state index in [1.54, 1.807) is 0 Å². The van der Waals surface area contributed by atoms with Gasteiger partial charge in [0, 0.05) is 25.2 Å². The highest BCUT2D eigenvalue weighted by atomic mass is 16.5. The van der Waals surface area contributed by atoms with Gasteiger partial charge in [-0.2, -0.15) is 0 Å². The van der Waals surface area contributed by atoms with Crippen LogP contribution in [0.5, 0.6) is 5.75 Å². The largest absolute Gasteiger partial charge is 0.491 e. The van der Waals surface area contributed by atoms with Crippen molar-refractivity contribution in [3.63, 3.8) is 0 Å². The SMILES string of the molecule is O=C(C1CNCCO1)N1CCOc2ccccc2C1. The molecule has 1 N–H and O–H groups in total. The summed E-state index contributed by atoms with van der Waals surface area (Å²) < 4.78 is 11.2. The van der Waals surface area contributed by atoms with Crippen LogP contribution in [0.25, 0.3) is 0 Å². The summed E-state index contributed by atoms with van der Waals surface area (Å²) in [7, 11) is 0. The minimum Gasteiger partial charge on any atom is -0.491 e. The Labute approximate surface area is 112 Å². The molecule has 0 saturated carbocycles. The number of ether oxygens (including phenoxy) is 2. The Morgan fingerprint density at radius 2 is 2.21 bits per heavy atom. The Morgan fingerprint density at radius 1 is 1.32 bits per heavy atom. The van der Waals surface area contributed by atoms with Crippen molar-refractivity contribution in [1.82, 2.24) is 10.2 Å². The van der Waals surface area contributed by atoms with Crippen LogP contribution in [0.2, 0.25) is 0 Å². The summed E-state index contributed by atoms with van der Waals surface area (Å²) in [6.45, 7) is 3.73. The molecule has 0 aliphatic carbocycles. The Morgan fingerprint density at radius 3 is 3.05 bits per heavy atom. The van der Waals surface area contributed by atoms with E-state index in [2.05, 4.69) is 5.32 Å². The van der Waals surface area contributed by atoms with Gasteiger partial charge in [-0.3, -0.25) is 4.79 Å². The molecule has 1 aromatic carbocycles. The molecule has 2 aliphatic rings. The van der Waals surface area contributed by atoms with E-state index in [0.29, 0.717) is 32.8 Å². The van der Waals surface area contributed by atoms with Crippen molar-refractivity contribution in [3.05, 3.63) is 29.8 Å². The monoisotopic (exact) mass is 262 g/mol. The number of rotatable bonds is 1. The van der Waals surface area contributed by atoms with Crippen molar-refractivity contribution < 1.29 is 14.3 Å². The van der Waals surface area contributed by atoms with E-state index >= 15 is 0 Å². The topological polar surface area (TPSA) is 50.8 Å². The number of hydrogen-bond donors (Lipinski definition) is 1. The molecule has 2 aliphatic heterocycles. The van der Waals surface area contributed by atoms with E-state index in [1.165, 1.54) is 0 Å². The van der Waals surface area contributed by atoms with Crippen LogP contribution in [-0.2, 0) is 16.1 Å². The van der Waals surface area contributed by atoms with Crippen LogP contribution in [-0.4, -0.2) is 49.8 Å². The van der Waals surface area contributed by atoms with E-state index in [-0.39, 0.29) is 12.0 Å². The lowest BCUT2D eigenvalue weighted by Gasteiger charge is -2.28. The van der Waals surface area contributed by atoms with E-state index in [4.69, 9.17) is 9.47 Å². The predicted octanol–water partition coefficient (Wildman–Crippen LogP) is 0.396. The first-order valence-corrected chi connectivity index (χ1v) is 6.66. The Hall–Kier alpha value is -1.59. The average molecular weight is 262 g/mol. The van der Waals surface area contributed by atoms with Crippen LogP contribution in [0.4, 0.5) is 0 Å². The smallest absolute Gasteiger partial charge is 0.253 e. The number of carbonyl (C=O) groups excluding carboxylic acids is 1. The number of para-hydroxylation sites is 1. The minimum absolute atomic E-state index is 0.0486. The van der Waals surface area contributed by atoms with Crippen molar-refractivity contribution in [2.24, 2.45) is 0 Å². The lowest BCUT2D eigenvalue weighted by molar-refractivity contribution is -0.146. The van der Waals surface area contributed by atoms with Gasteiger partial charge in [0.25, 0.3) is 5.91 Å². The number of carbonyl (C=O) groups is 1. The van der Waals surface area contributed by atoms with Gasteiger partial charge < -0.3 is 19.7 Å². The first-order valence-electron chi connectivity index (χ1n) is 6.66. The molecule has 2 heterocycles. The summed E-state index contributed by atoms with van der Waals surface area (Å²) in [5, 5.41) is 3.19. The Balaban J connectivity index is 1.73. The Bertz CT molecular complexity index is 458. The van der Waals surface area contributed by atoms with E-state index < -0.39 is 0 Å². The second-order valence-electron chi connectivity index (χ2n) is 4.78. The fraction of sp³-hybridized carbons (Fsp3) is 0.500. The fourth-order valence-corrected chi connectivity index (χ4v) is 2.44. The van der Waals surface area contributed by atoms with E-state index in [0.717, 1.165) is 17.9 Å². The number of fused-ring (bicyclic) bond motifs is 1. The molecular formula is C14H18N2O3. The summed E-state index contributed by atoms with van der Waals surface area (Å²) in [4.78, 5) is 14.2. The van der Waals surface area contributed by atoms with Crippen molar-refractivity contribution in [2.75, 3.05) is 32.8 Å². The van der Waals surface area contributed by atoms with Crippen LogP contribution < -0.4 is 10.1 Å². The second-order valence-corrected chi connectivity index (χ2v) is 4.78. The first kappa shape index (κ1) is 12.4. The molecule has 3 rings (SSSR count). The van der Waals surface area contributed by atoms with E-state index in [1.807, 2.05) is 29.2 Å². The maximum absolute atomic E-state index is 12.4. The van der Waals surface area contributed by atoms with Crippen LogP contribution in [0.1, 0.15) is 5.56 Å². The number of hydrogen-bond acceptors (Lipinski definition) is 4. The van der Waals surface area contributed by atoms with Crippen LogP contribution in [0.3, 0.4) is 0 Å². The van der Waals surface area contributed by atoms with Crippen LogP contribution in [0.15, 0.2) is 24.3 Å². The number of morpholine rings is 1. The third kappa shape index (κ3) is 2.72. The van der Waals surface area contributed by atoms with Crippen molar-refractivity contribution in [3.8, 4) is 5.75 Å². The predicted molar refractivity (Wildman–Crippen MR) is 70.0 cm³/mol. The Kier molecular flexibility index (Phi) is 3.66. The molecule has 102 valence electrons. The molecular weight excluding hydrogens is 244 g/mol. The number of benzene rings is 1. The van der Waals surface area contributed by atoms with Crippen molar-refractivity contribution in [2.45, 2.75) is 12.6 Å². The fourth-order valence-electron chi connectivity index (χ4n) is 2.44. The zero-order valence-electron chi connectivity index (χ0n) is 10.8. The average Bonchev–Trinajstić information content (AvgIpc) is 2.69. The molecule has 0 aromatic heterocycles. The molecule has 5 nitrogen and oxygen atoms in total. The molecule has 0 spiro atoms. The van der Waals surface area contributed by atoms with E-state index in [9.17, 15) is 4.79 Å². The minimum atomic E-state index is -0.362. The van der Waals surface area contributed by atoms with Crippen molar-refractivity contribution in [1.29, 1.82) is 0 Å². The highest BCUT2D eigenvalue weighted by molar-refractivity contribution is 5.81. The molecule has 1 atom stereocenters. The van der Waals surface area contributed by atoms with Crippen LogP contribution in [0, 0.1) is 0 Å². The third-order valence-corrected chi connectivity index (χ3v) is 3.47. The molecule has 5 heteroatoms. The zero-order valence-corrected chi connectivity index (χ0v) is 10.8. The van der Waals surface area contributed by atoms with Crippen molar-refractivity contribution >= 4 is 5.91 Å². The molecule has 1 fully saturated rings. The first-order chi connectivity index (χ1) is 9.34. The van der Waals surface area contributed by atoms with Gasteiger partial charge in [0.2, 0.25) is 0 Å². The standard InChI is InChI=1S/C14H18N2O3/c17-14(13-9-15-5-7-18-13)16-6-8-19-12-4-2-1-3-11(12)10-16/h1-4,13,15H,5-10H2. The van der Waals surface area contributed by atoms with Crippen LogP contribution >= 0.6 is 0 Å². The summed E-state index contributed by atoms with van der Waals surface area (Å²) in [6, 6.07) is 7.86. The summed E-state index contributed by atoms with van der Waals surface area (Å²) in [6.07, 6.45) is -0.362. The van der Waals surface area contributed by atoms with Gasteiger partial charge in [-0.25, -0.2) is 0 Å². The maximum Gasteiger partial charge on any atom is 0.253 e. The number of nitrogens with one attached hydrogen (secondary N) is 1. The lowest BCUT2D eigenvalue weighted by atomic mass is 10.2. The molecule has 19 heavy (non-hydrogen) atoms. The maximum atomic E-state index is 12.4. The van der Waals surface area contributed by atoms with Gasteiger partial charge in [0.05, 0.1) is 13.2 Å².